The molecule has 1 aromatic carbocycles. The zero-order chi connectivity index (χ0) is 19.2. The molecule has 0 aliphatic carbocycles. The van der Waals surface area contributed by atoms with E-state index in [-0.39, 0.29) is 5.91 Å². The smallest absolute Gasteiger partial charge is 0.289 e. The highest BCUT2D eigenvalue weighted by atomic mass is 35.5. The Hall–Kier alpha value is -2.18. The van der Waals surface area contributed by atoms with Crippen molar-refractivity contribution in [3.63, 3.8) is 0 Å². The Balaban J connectivity index is 1.48. The number of furan rings is 1. The van der Waals surface area contributed by atoms with Crippen LogP contribution < -0.4 is 5.32 Å². The van der Waals surface area contributed by atoms with E-state index >= 15 is 0 Å². The fourth-order valence-corrected chi connectivity index (χ4v) is 3.55. The third kappa shape index (κ3) is 4.96. The Kier molecular flexibility index (Phi) is 6.63. The number of nitrogens with zero attached hydrogens (tertiary/aromatic N) is 3. The van der Waals surface area contributed by atoms with Gasteiger partial charge in [0.1, 0.15) is 0 Å². The van der Waals surface area contributed by atoms with Crippen LogP contribution in [-0.2, 0) is 6.42 Å². The number of hydrogen-bond acceptors (Lipinski definition) is 3. The van der Waals surface area contributed by atoms with E-state index in [1.807, 2.05) is 12.1 Å². The SMILES string of the molecule is CN=C(NCCc1ccc(Cl)cc1Cl)N1CCN(C(=O)c2ccco2)CC1. The quantitative estimate of drug-likeness (QED) is 0.623. The van der Waals surface area contributed by atoms with Crippen LogP contribution in [0.25, 0.3) is 0 Å². The van der Waals surface area contributed by atoms with E-state index in [1.54, 1.807) is 30.1 Å². The molecule has 8 heteroatoms. The maximum absolute atomic E-state index is 12.3. The number of halogens is 2. The van der Waals surface area contributed by atoms with Crippen LogP contribution in [0, 0.1) is 0 Å². The lowest BCUT2D eigenvalue weighted by atomic mass is 10.1. The van der Waals surface area contributed by atoms with Crippen molar-refractivity contribution in [3.05, 3.63) is 58.0 Å². The molecule has 144 valence electrons. The summed E-state index contributed by atoms with van der Waals surface area (Å²) in [6.07, 6.45) is 2.29. The monoisotopic (exact) mass is 408 g/mol. The number of carbonyl (C=O) groups excluding carboxylic acids is 1. The van der Waals surface area contributed by atoms with Crippen molar-refractivity contribution in [2.75, 3.05) is 39.8 Å². The van der Waals surface area contributed by atoms with Gasteiger partial charge in [-0.1, -0.05) is 29.3 Å². The van der Waals surface area contributed by atoms with Crippen molar-refractivity contribution < 1.29 is 9.21 Å². The van der Waals surface area contributed by atoms with Crippen LogP contribution in [0.2, 0.25) is 10.0 Å². The Morgan fingerprint density at radius 1 is 1.19 bits per heavy atom. The molecule has 0 bridgehead atoms. The lowest BCUT2D eigenvalue weighted by Crippen LogP contribution is -2.54. The molecule has 1 amide bonds. The third-order valence-electron chi connectivity index (χ3n) is 4.50. The Morgan fingerprint density at radius 3 is 2.56 bits per heavy atom. The minimum Gasteiger partial charge on any atom is -0.459 e. The first-order valence-electron chi connectivity index (χ1n) is 8.81. The fourth-order valence-electron chi connectivity index (χ4n) is 3.04. The van der Waals surface area contributed by atoms with Gasteiger partial charge in [0.2, 0.25) is 0 Å². The molecule has 0 spiro atoms. The normalized spacial score (nSPS) is 15.1. The molecule has 2 aromatic rings. The number of guanidine groups is 1. The topological polar surface area (TPSA) is 61.1 Å². The molecule has 0 unspecified atom stereocenters. The van der Waals surface area contributed by atoms with E-state index in [2.05, 4.69) is 15.2 Å². The third-order valence-corrected chi connectivity index (χ3v) is 5.09. The van der Waals surface area contributed by atoms with Crippen molar-refractivity contribution in [3.8, 4) is 0 Å². The van der Waals surface area contributed by atoms with Crippen LogP contribution in [-0.4, -0.2) is 61.4 Å². The maximum atomic E-state index is 12.3. The molecular formula is C19H22Cl2N4O2. The van der Waals surface area contributed by atoms with Gasteiger partial charge in [0.05, 0.1) is 6.26 Å². The number of amides is 1. The standard InChI is InChI=1S/C19H22Cl2N4O2/c1-22-19(23-7-6-14-4-5-15(20)13-16(14)21)25-10-8-24(9-11-25)18(26)17-3-2-12-27-17/h2-5,12-13H,6-11H2,1H3,(H,22,23). The number of aliphatic imine (C=N–C) groups is 1. The first-order chi connectivity index (χ1) is 13.1. The largest absolute Gasteiger partial charge is 0.459 e. The molecule has 1 aromatic heterocycles. The zero-order valence-electron chi connectivity index (χ0n) is 15.1. The summed E-state index contributed by atoms with van der Waals surface area (Å²) in [6, 6.07) is 8.95. The van der Waals surface area contributed by atoms with Crippen LogP contribution in [0.15, 0.2) is 46.0 Å². The lowest BCUT2D eigenvalue weighted by Gasteiger charge is -2.36. The number of piperazine rings is 1. The van der Waals surface area contributed by atoms with Gasteiger partial charge in [0.25, 0.3) is 5.91 Å². The van der Waals surface area contributed by atoms with Crippen LogP contribution in [0.1, 0.15) is 16.1 Å². The summed E-state index contributed by atoms with van der Waals surface area (Å²) in [5.74, 6) is 1.14. The van der Waals surface area contributed by atoms with E-state index in [0.717, 1.165) is 17.9 Å². The number of rotatable bonds is 4. The van der Waals surface area contributed by atoms with Crippen LogP contribution >= 0.6 is 23.2 Å². The molecule has 1 saturated heterocycles. The van der Waals surface area contributed by atoms with E-state index in [0.29, 0.717) is 48.5 Å². The van der Waals surface area contributed by atoms with Gasteiger partial charge in [-0.25, -0.2) is 0 Å². The van der Waals surface area contributed by atoms with Crippen molar-refractivity contribution >= 4 is 35.1 Å². The van der Waals surface area contributed by atoms with Gasteiger partial charge in [0.15, 0.2) is 11.7 Å². The van der Waals surface area contributed by atoms with Gasteiger partial charge in [-0.15, -0.1) is 0 Å². The highest BCUT2D eigenvalue weighted by molar-refractivity contribution is 6.35. The van der Waals surface area contributed by atoms with Crippen molar-refractivity contribution in [2.45, 2.75) is 6.42 Å². The lowest BCUT2D eigenvalue weighted by molar-refractivity contribution is 0.0658. The van der Waals surface area contributed by atoms with Gasteiger partial charge in [-0.2, -0.15) is 0 Å². The molecule has 2 heterocycles. The Labute approximate surface area is 168 Å². The summed E-state index contributed by atoms with van der Waals surface area (Å²) >= 11 is 12.1. The van der Waals surface area contributed by atoms with Gasteiger partial charge in [0, 0.05) is 49.8 Å². The molecule has 6 nitrogen and oxygen atoms in total. The number of nitrogens with one attached hydrogen (secondary N) is 1. The zero-order valence-corrected chi connectivity index (χ0v) is 16.6. The van der Waals surface area contributed by atoms with Crippen molar-refractivity contribution in [2.24, 2.45) is 4.99 Å². The average molecular weight is 409 g/mol. The number of hydrogen-bond donors (Lipinski definition) is 1. The van der Waals surface area contributed by atoms with E-state index in [9.17, 15) is 4.79 Å². The number of carbonyl (C=O) groups is 1. The Morgan fingerprint density at radius 2 is 1.93 bits per heavy atom. The van der Waals surface area contributed by atoms with Gasteiger partial charge in [-0.3, -0.25) is 9.79 Å². The highest BCUT2D eigenvalue weighted by Gasteiger charge is 2.25. The van der Waals surface area contributed by atoms with E-state index in [4.69, 9.17) is 27.6 Å². The fraction of sp³-hybridized carbons (Fsp3) is 0.368. The second-order valence-electron chi connectivity index (χ2n) is 6.22. The predicted octanol–water partition coefficient (Wildman–Crippen LogP) is 3.16. The first-order valence-corrected chi connectivity index (χ1v) is 9.56. The minimum atomic E-state index is -0.0695. The van der Waals surface area contributed by atoms with E-state index in [1.165, 1.54) is 6.26 Å². The molecule has 3 rings (SSSR count). The summed E-state index contributed by atoms with van der Waals surface area (Å²) in [5, 5.41) is 4.67. The highest BCUT2D eigenvalue weighted by Crippen LogP contribution is 2.21. The Bertz CT molecular complexity index is 800. The molecule has 27 heavy (non-hydrogen) atoms. The molecule has 1 fully saturated rings. The molecule has 0 radical (unpaired) electrons. The van der Waals surface area contributed by atoms with Gasteiger partial charge in [-0.05, 0) is 36.2 Å². The average Bonchev–Trinajstić information content (AvgIpc) is 3.21. The predicted molar refractivity (Wildman–Crippen MR) is 108 cm³/mol. The molecule has 1 N–H and O–H groups in total. The second-order valence-corrected chi connectivity index (χ2v) is 7.06. The van der Waals surface area contributed by atoms with Crippen LogP contribution in [0.3, 0.4) is 0 Å². The van der Waals surface area contributed by atoms with Crippen molar-refractivity contribution in [1.29, 1.82) is 0 Å². The minimum absolute atomic E-state index is 0.0695. The van der Waals surface area contributed by atoms with Gasteiger partial charge < -0.3 is 19.5 Å². The van der Waals surface area contributed by atoms with Crippen molar-refractivity contribution in [1.82, 2.24) is 15.1 Å². The molecular weight excluding hydrogens is 387 g/mol. The summed E-state index contributed by atoms with van der Waals surface area (Å²) in [6.45, 7) is 3.40. The molecule has 1 aliphatic heterocycles. The maximum Gasteiger partial charge on any atom is 0.289 e. The van der Waals surface area contributed by atoms with Crippen LogP contribution in [0.5, 0.6) is 0 Å². The summed E-state index contributed by atoms with van der Waals surface area (Å²) in [5.41, 5.74) is 1.04. The summed E-state index contributed by atoms with van der Waals surface area (Å²) < 4.78 is 5.20. The molecule has 0 saturated carbocycles. The second kappa shape index (κ2) is 9.15. The first kappa shape index (κ1) is 19.6. The molecule has 0 atom stereocenters. The van der Waals surface area contributed by atoms with E-state index < -0.39 is 0 Å². The molecule has 1 aliphatic rings. The van der Waals surface area contributed by atoms with Crippen LogP contribution in [0.4, 0.5) is 0 Å². The summed E-state index contributed by atoms with van der Waals surface area (Å²) in [4.78, 5) is 20.6. The number of benzene rings is 1. The van der Waals surface area contributed by atoms with Gasteiger partial charge >= 0.3 is 0 Å². The summed E-state index contributed by atoms with van der Waals surface area (Å²) in [7, 11) is 1.76.